The molecule has 12 heteroatoms. The summed E-state index contributed by atoms with van der Waals surface area (Å²) >= 11 is 5.84. The van der Waals surface area contributed by atoms with Crippen molar-refractivity contribution in [1.29, 1.82) is 0 Å². The van der Waals surface area contributed by atoms with Gasteiger partial charge in [-0.1, -0.05) is 5.11 Å². The van der Waals surface area contributed by atoms with Gasteiger partial charge in [0.25, 0.3) is 5.62 Å². The second-order valence-electron chi connectivity index (χ2n) is 5.30. The number of aromatic nitrogens is 2. The van der Waals surface area contributed by atoms with Gasteiger partial charge in [0.1, 0.15) is 23.1 Å². The summed E-state index contributed by atoms with van der Waals surface area (Å²) in [6.07, 6.45) is -1.17. The number of hydrogen-bond acceptors (Lipinski definition) is 8. The summed E-state index contributed by atoms with van der Waals surface area (Å²) in [6, 6.07) is 1.40. The highest BCUT2D eigenvalue weighted by atomic mass is 35.5. The van der Waals surface area contributed by atoms with E-state index < -0.39 is 30.1 Å². The van der Waals surface area contributed by atoms with Crippen LogP contribution in [0.5, 0.6) is 0 Å². The number of rotatable bonds is 4. The molecule has 1 aliphatic heterocycles. The Balaban J connectivity index is 2.67. The molecule has 0 saturated carbocycles. The van der Waals surface area contributed by atoms with Crippen LogP contribution in [0.4, 0.5) is 5.82 Å². The van der Waals surface area contributed by atoms with Crippen LogP contribution in [-0.2, 0) is 4.74 Å². The fourth-order valence-corrected chi connectivity index (χ4v) is 2.87. The van der Waals surface area contributed by atoms with E-state index in [0.29, 0.717) is 0 Å². The number of aliphatic hydroxyl groups is 2. The highest BCUT2D eigenvalue weighted by Gasteiger charge is 2.61. The highest BCUT2D eigenvalue weighted by molar-refractivity contribution is 6.18. The van der Waals surface area contributed by atoms with Crippen molar-refractivity contribution in [3.63, 3.8) is 0 Å². The maximum absolute atomic E-state index is 10.6. The lowest BCUT2D eigenvalue weighted by atomic mass is 9.86. The molecule has 1 aromatic rings. The van der Waals surface area contributed by atoms with E-state index in [1.165, 1.54) is 23.8 Å². The topological polar surface area (TPSA) is 175 Å². The molecule has 4 atom stereocenters. The summed E-state index contributed by atoms with van der Waals surface area (Å²) in [5.74, 6) is -0.171. The van der Waals surface area contributed by atoms with Crippen molar-refractivity contribution in [3.8, 4) is 0 Å². The van der Waals surface area contributed by atoms with Gasteiger partial charge in [-0.15, -0.1) is 11.6 Å². The Hall–Kier alpha value is -2.04. The molecule has 1 aromatic heterocycles. The van der Waals surface area contributed by atoms with Crippen LogP contribution in [0.15, 0.2) is 22.5 Å². The van der Waals surface area contributed by atoms with E-state index in [-0.39, 0.29) is 17.3 Å². The Bertz CT molecular complexity index is 700. The number of azide groups is 1. The van der Waals surface area contributed by atoms with E-state index in [4.69, 9.17) is 32.8 Å². The molecule has 0 amide bonds. The van der Waals surface area contributed by atoms with Gasteiger partial charge in [-0.05, 0) is 23.7 Å². The maximum atomic E-state index is 10.6. The van der Waals surface area contributed by atoms with Gasteiger partial charge in [0.2, 0.25) is 0 Å². The Kier molecular flexibility index (Phi) is 4.68. The molecule has 11 nitrogen and oxygen atoms in total. The monoisotopic (exact) mass is 345 g/mol. The molecular weight excluding hydrogens is 330 g/mol. The third-order valence-electron chi connectivity index (χ3n) is 3.86. The Morgan fingerprint density at radius 3 is 2.87 bits per heavy atom. The molecule has 0 unspecified atom stereocenters. The van der Waals surface area contributed by atoms with Gasteiger partial charge in [-0.2, -0.15) is 4.98 Å². The summed E-state index contributed by atoms with van der Waals surface area (Å²) in [6.45, 7) is 0.815. The van der Waals surface area contributed by atoms with Gasteiger partial charge in [0.15, 0.2) is 6.23 Å². The molecule has 1 fully saturated rings. The Labute approximate surface area is 135 Å². The van der Waals surface area contributed by atoms with Crippen LogP contribution >= 0.6 is 11.6 Å². The van der Waals surface area contributed by atoms with E-state index in [9.17, 15) is 10.2 Å². The number of alkyl halides is 1. The summed E-state index contributed by atoms with van der Waals surface area (Å²) in [7, 11) is 0. The minimum absolute atomic E-state index is 0.0869. The number of anilines is 1. The van der Waals surface area contributed by atoms with Gasteiger partial charge in [0.05, 0.1) is 12.5 Å². The summed E-state index contributed by atoms with van der Waals surface area (Å²) in [5.41, 5.74) is 11.0. The SMILES string of the molecule is C[C@@]1(N=[N+]=[N-])[C@H](O)[C@](CO)(CCl)O[C@H]1n1ccc(N)n/c1=N\O. The summed E-state index contributed by atoms with van der Waals surface area (Å²) < 4.78 is 6.93. The lowest BCUT2D eigenvalue weighted by molar-refractivity contribution is -0.115. The predicted molar refractivity (Wildman–Crippen MR) is 78.2 cm³/mol. The van der Waals surface area contributed by atoms with Crippen molar-refractivity contribution in [2.45, 2.75) is 30.4 Å². The van der Waals surface area contributed by atoms with E-state index in [2.05, 4.69) is 20.2 Å². The number of nitrogens with two attached hydrogens (primary N) is 1. The first-order valence-electron chi connectivity index (χ1n) is 6.50. The van der Waals surface area contributed by atoms with Crippen LogP contribution in [0.1, 0.15) is 13.2 Å². The van der Waals surface area contributed by atoms with Crippen molar-refractivity contribution in [2.75, 3.05) is 18.2 Å². The van der Waals surface area contributed by atoms with Gasteiger partial charge in [0, 0.05) is 11.1 Å². The van der Waals surface area contributed by atoms with Crippen LogP contribution in [0.25, 0.3) is 10.4 Å². The largest absolute Gasteiger partial charge is 0.408 e. The molecule has 0 bridgehead atoms. The zero-order valence-electron chi connectivity index (χ0n) is 12.1. The highest BCUT2D eigenvalue weighted by Crippen LogP contribution is 2.46. The van der Waals surface area contributed by atoms with Crippen molar-refractivity contribution < 1.29 is 20.2 Å². The molecule has 23 heavy (non-hydrogen) atoms. The maximum Gasteiger partial charge on any atom is 0.270 e. The zero-order chi connectivity index (χ0) is 17.3. The summed E-state index contributed by atoms with van der Waals surface area (Å²) in [5, 5.41) is 35.9. The van der Waals surface area contributed by atoms with Gasteiger partial charge >= 0.3 is 0 Å². The van der Waals surface area contributed by atoms with E-state index in [1.807, 2.05) is 0 Å². The number of nitrogens with zero attached hydrogens (tertiary/aromatic N) is 6. The second-order valence-corrected chi connectivity index (χ2v) is 5.57. The smallest absolute Gasteiger partial charge is 0.270 e. The zero-order valence-corrected chi connectivity index (χ0v) is 12.9. The van der Waals surface area contributed by atoms with E-state index >= 15 is 0 Å². The molecule has 0 spiro atoms. The first kappa shape index (κ1) is 17.3. The number of aliphatic hydroxyl groups excluding tert-OH is 2. The van der Waals surface area contributed by atoms with Crippen LogP contribution < -0.4 is 11.4 Å². The van der Waals surface area contributed by atoms with Crippen LogP contribution in [0, 0.1) is 0 Å². The van der Waals surface area contributed by atoms with E-state index in [1.54, 1.807) is 0 Å². The van der Waals surface area contributed by atoms with Crippen molar-refractivity contribution in [1.82, 2.24) is 9.55 Å². The van der Waals surface area contributed by atoms with Crippen LogP contribution in [-0.4, -0.2) is 54.7 Å². The first-order valence-corrected chi connectivity index (χ1v) is 7.03. The molecule has 0 aromatic carbocycles. The molecule has 0 aliphatic carbocycles. The number of hydrogen-bond donors (Lipinski definition) is 4. The minimum atomic E-state index is -1.56. The van der Waals surface area contributed by atoms with Crippen molar-refractivity contribution in [2.24, 2.45) is 10.3 Å². The number of ether oxygens (including phenoxy) is 1. The van der Waals surface area contributed by atoms with Crippen molar-refractivity contribution in [3.05, 3.63) is 28.3 Å². The van der Waals surface area contributed by atoms with Gasteiger partial charge < -0.3 is 25.9 Å². The van der Waals surface area contributed by atoms with Gasteiger partial charge in [-0.25, -0.2) is 0 Å². The summed E-state index contributed by atoms with van der Waals surface area (Å²) in [4.78, 5) is 6.55. The number of halogens is 1. The van der Waals surface area contributed by atoms with Gasteiger partial charge in [-0.3, -0.25) is 4.57 Å². The molecular formula is C11H16ClN7O4. The van der Waals surface area contributed by atoms with E-state index in [0.717, 1.165) is 0 Å². The van der Waals surface area contributed by atoms with Crippen molar-refractivity contribution >= 4 is 17.4 Å². The lowest BCUT2D eigenvalue weighted by Crippen LogP contribution is -2.51. The molecule has 5 N–H and O–H groups in total. The molecule has 126 valence electrons. The lowest BCUT2D eigenvalue weighted by Gasteiger charge is -2.30. The molecule has 1 saturated heterocycles. The third kappa shape index (κ3) is 2.58. The predicted octanol–water partition coefficient (Wildman–Crippen LogP) is -0.316. The molecule has 2 heterocycles. The number of nitrogen functional groups attached to an aromatic ring is 1. The molecule has 2 rings (SSSR count). The van der Waals surface area contributed by atoms with Crippen LogP contribution in [0.2, 0.25) is 0 Å². The quantitative estimate of drug-likeness (QED) is 0.145. The fourth-order valence-electron chi connectivity index (χ4n) is 2.57. The second kappa shape index (κ2) is 6.22. The fraction of sp³-hybridized carbons (Fsp3) is 0.636. The average molecular weight is 346 g/mol. The standard InChI is InChI=1S/C11H16ClN7O4/c1-10(17-18-14)7(21)11(4-12,5-20)23-8(10)19-3-2-6(13)15-9(19)16-22/h2-3,7-8,20-22H,4-5H2,1H3,(H2,13,15,16)/t7-,8+,10+,11+/m0/s1. The van der Waals surface area contributed by atoms with Crippen LogP contribution in [0.3, 0.4) is 0 Å². The molecule has 1 aliphatic rings. The Morgan fingerprint density at radius 1 is 1.65 bits per heavy atom. The molecule has 0 radical (unpaired) electrons. The average Bonchev–Trinajstić information content (AvgIpc) is 2.77. The minimum Gasteiger partial charge on any atom is -0.408 e. The third-order valence-corrected chi connectivity index (χ3v) is 4.31. The Morgan fingerprint density at radius 2 is 2.35 bits per heavy atom. The first-order chi connectivity index (χ1) is 10.9. The normalized spacial score (nSPS) is 34.3.